The fourth-order valence-electron chi connectivity index (χ4n) is 0.0967. The maximum atomic E-state index is 9.26. The zero-order valence-corrected chi connectivity index (χ0v) is 7.61. The molecule has 0 radical (unpaired) electrons. The molecular formula is C5H22O13. The average Bonchev–Trinajstić information content (AvgIpc) is 2.13. The molecule has 10 N–H and O–H groups in total. The lowest BCUT2D eigenvalue weighted by atomic mass is 11.5. The highest BCUT2D eigenvalue weighted by molar-refractivity contribution is 5.35. The Labute approximate surface area is 102 Å². The summed E-state index contributed by atoms with van der Waals surface area (Å²) in [5.41, 5.74) is 0. The molecule has 0 aliphatic rings. The predicted octanol–water partition coefficient (Wildman–Crippen LogP) is -2.92. The van der Waals surface area contributed by atoms with Crippen LogP contribution in [0.25, 0.3) is 0 Å². The van der Waals surface area contributed by atoms with Gasteiger partial charge in [0.2, 0.25) is 6.79 Å². The lowest BCUT2D eigenvalue weighted by molar-refractivity contribution is -0.526. The van der Waals surface area contributed by atoms with Crippen molar-refractivity contribution in [1.29, 1.82) is 0 Å². The van der Waals surface area contributed by atoms with Gasteiger partial charge in [0, 0.05) is 0 Å². The molecule has 0 bridgehead atoms. The Bertz CT molecular complexity index is 97.4. The first-order valence-electron chi connectivity index (χ1n) is 2.22. The van der Waals surface area contributed by atoms with Crippen LogP contribution >= 0.6 is 0 Å². The molecule has 0 rings (SSSR count). The molecule has 0 fully saturated rings. The minimum absolute atomic E-state index is 0. The van der Waals surface area contributed by atoms with Crippen molar-refractivity contribution < 1.29 is 66.6 Å². The van der Waals surface area contributed by atoms with E-state index in [4.69, 9.17) is 15.3 Å². The van der Waals surface area contributed by atoms with E-state index in [0.29, 0.717) is 0 Å². The minimum Gasteiger partial charge on any atom is -0.412 e. The van der Waals surface area contributed by atoms with Gasteiger partial charge in [0.25, 0.3) is 0 Å². The van der Waals surface area contributed by atoms with Crippen LogP contribution in [0.5, 0.6) is 0 Å². The van der Waals surface area contributed by atoms with Gasteiger partial charge in [-0.15, -0.1) is 0 Å². The SMILES string of the molecule is C.C.O.O.O.O.O=COO.O=COOCOOO. The van der Waals surface area contributed by atoms with E-state index in [0.717, 1.165) is 0 Å². The first-order valence-corrected chi connectivity index (χ1v) is 2.22. The molecule has 0 aromatic heterocycles. The fraction of sp³-hybridized carbons (Fsp3) is 0.600. The second-order valence-corrected chi connectivity index (χ2v) is 0.822. The second kappa shape index (κ2) is 76.5. The largest absolute Gasteiger partial charge is 0.412 e. The van der Waals surface area contributed by atoms with Crippen LogP contribution in [0.15, 0.2) is 0 Å². The van der Waals surface area contributed by atoms with E-state index in [-0.39, 0.29) is 49.7 Å². The van der Waals surface area contributed by atoms with E-state index in [2.05, 4.69) is 24.6 Å². The molecule has 0 aliphatic heterocycles. The summed E-state index contributed by atoms with van der Waals surface area (Å²) in [6.45, 7) is -0.490. The highest BCUT2D eigenvalue weighted by atomic mass is 17.5. The van der Waals surface area contributed by atoms with Gasteiger partial charge in [-0.2, -0.15) is 9.78 Å². The van der Waals surface area contributed by atoms with Crippen molar-refractivity contribution in [2.75, 3.05) is 6.79 Å². The Morgan fingerprint density at radius 1 is 0.833 bits per heavy atom. The summed E-state index contributed by atoms with van der Waals surface area (Å²) in [6, 6.07) is 0. The maximum Gasteiger partial charge on any atom is 0.330 e. The normalized spacial score (nSPS) is 5.00. The van der Waals surface area contributed by atoms with Crippen LogP contribution in [-0.4, -0.2) is 52.2 Å². The Hall–Kier alpha value is -1.42. The minimum atomic E-state index is -0.477. The standard InChI is InChI=1S/C2H4O6.CH2O3.2CH4.4H2O/c3-1-5-6-2-7-8-4;2-1-4-3;;;;;;/h1,4H,2H2;1,3H;2*1H4;4*1H2. The number of rotatable bonds is 6. The molecule has 0 heterocycles. The molecule has 0 saturated carbocycles. The monoisotopic (exact) mass is 290 g/mol. The van der Waals surface area contributed by atoms with Crippen LogP contribution in [0.3, 0.4) is 0 Å². The van der Waals surface area contributed by atoms with Crippen LogP contribution in [0, 0.1) is 0 Å². The van der Waals surface area contributed by atoms with Crippen molar-refractivity contribution in [2.24, 2.45) is 0 Å². The van der Waals surface area contributed by atoms with Gasteiger partial charge in [-0.1, -0.05) is 19.9 Å². The third-order valence-corrected chi connectivity index (χ3v) is 0.299. The molecule has 0 aromatic carbocycles. The Kier molecular flexibility index (Phi) is 232. The van der Waals surface area contributed by atoms with E-state index < -0.39 is 6.79 Å². The van der Waals surface area contributed by atoms with E-state index in [1.807, 2.05) is 0 Å². The van der Waals surface area contributed by atoms with Crippen LogP contribution in [0.2, 0.25) is 0 Å². The van der Waals surface area contributed by atoms with E-state index in [1.165, 1.54) is 0 Å². The van der Waals surface area contributed by atoms with Gasteiger partial charge < -0.3 is 26.8 Å². The fourth-order valence-corrected chi connectivity index (χ4v) is 0.0967. The van der Waals surface area contributed by atoms with Gasteiger partial charge in [-0.25, -0.2) is 10.5 Å². The van der Waals surface area contributed by atoms with Gasteiger partial charge >= 0.3 is 12.9 Å². The molecule has 0 aliphatic carbocycles. The van der Waals surface area contributed by atoms with Gasteiger partial charge in [0.05, 0.1) is 0 Å². The number of hydrogen-bond acceptors (Lipinski definition) is 9. The predicted molar refractivity (Wildman–Crippen MR) is 55.6 cm³/mol. The summed E-state index contributed by atoms with van der Waals surface area (Å²) in [5.74, 6) is 0. The molecule has 13 nitrogen and oxygen atoms in total. The number of hydrogen-bond donors (Lipinski definition) is 2. The Morgan fingerprint density at radius 2 is 1.22 bits per heavy atom. The highest BCUT2D eigenvalue weighted by Crippen LogP contribution is 1.75. The molecule has 0 unspecified atom stereocenters. The summed E-state index contributed by atoms with van der Waals surface area (Å²) in [6.07, 6.45) is 0. The molecule has 0 aromatic rings. The van der Waals surface area contributed by atoms with Gasteiger partial charge in [0.15, 0.2) is 0 Å². The highest BCUT2D eigenvalue weighted by Gasteiger charge is 1.83. The van der Waals surface area contributed by atoms with Crippen molar-refractivity contribution in [3.05, 3.63) is 0 Å². The number of carbonyl (C=O) groups excluding carboxylic acids is 2. The molecule has 0 spiro atoms. The molecule has 18 heavy (non-hydrogen) atoms. The average molecular weight is 290 g/mol. The summed E-state index contributed by atoms with van der Waals surface area (Å²) in [5, 5.41) is 17.5. The summed E-state index contributed by atoms with van der Waals surface area (Å²) >= 11 is 0. The Morgan fingerprint density at radius 3 is 1.44 bits per heavy atom. The smallest absolute Gasteiger partial charge is 0.330 e. The van der Waals surface area contributed by atoms with Crippen molar-refractivity contribution in [3.8, 4) is 0 Å². The topological polar surface area (TPSA) is 247 Å². The first-order chi connectivity index (χ1) is 5.83. The van der Waals surface area contributed by atoms with Crippen LogP contribution < -0.4 is 0 Å². The van der Waals surface area contributed by atoms with E-state index in [1.54, 1.807) is 0 Å². The van der Waals surface area contributed by atoms with Gasteiger partial charge in [-0.05, 0) is 0 Å². The zero-order valence-electron chi connectivity index (χ0n) is 7.61. The molecule has 0 saturated heterocycles. The van der Waals surface area contributed by atoms with Gasteiger partial charge in [0.1, 0.15) is 0 Å². The maximum absolute atomic E-state index is 9.26. The molecule has 0 atom stereocenters. The molecule has 13 heteroatoms. The first kappa shape index (κ1) is 54.7. The lowest BCUT2D eigenvalue weighted by Gasteiger charge is -1.93. The second-order valence-electron chi connectivity index (χ2n) is 0.822. The zero-order chi connectivity index (χ0) is 9.66. The quantitative estimate of drug-likeness (QED) is 0.167. The summed E-state index contributed by atoms with van der Waals surface area (Å²) < 4.78 is 0. The Balaban J connectivity index is -0.0000000152. The molecular weight excluding hydrogens is 268 g/mol. The summed E-state index contributed by atoms with van der Waals surface area (Å²) in [4.78, 5) is 32.0. The van der Waals surface area contributed by atoms with Gasteiger partial charge in [-0.3, -0.25) is 14.5 Å². The molecule has 120 valence electrons. The van der Waals surface area contributed by atoms with Crippen molar-refractivity contribution >= 4 is 12.9 Å². The van der Waals surface area contributed by atoms with Crippen molar-refractivity contribution in [3.63, 3.8) is 0 Å². The number of carbonyl (C=O) groups is 2. The van der Waals surface area contributed by atoms with Crippen LogP contribution in [-0.2, 0) is 34.2 Å². The third-order valence-electron chi connectivity index (χ3n) is 0.299. The van der Waals surface area contributed by atoms with Crippen LogP contribution in [0.1, 0.15) is 14.9 Å². The third kappa shape index (κ3) is 128. The van der Waals surface area contributed by atoms with E-state index >= 15 is 0 Å². The van der Waals surface area contributed by atoms with Crippen molar-refractivity contribution in [1.82, 2.24) is 0 Å². The lowest BCUT2D eigenvalue weighted by Crippen LogP contribution is -1.98. The van der Waals surface area contributed by atoms with Crippen molar-refractivity contribution in [2.45, 2.75) is 14.9 Å². The van der Waals surface area contributed by atoms with Crippen LogP contribution in [0.4, 0.5) is 0 Å². The molecule has 0 amide bonds. The summed E-state index contributed by atoms with van der Waals surface area (Å²) in [7, 11) is 0. The van der Waals surface area contributed by atoms with E-state index in [9.17, 15) is 4.79 Å².